The molecular formula is C16H26N2O. The van der Waals surface area contributed by atoms with Crippen molar-refractivity contribution in [2.75, 3.05) is 33.2 Å². The van der Waals surface area contributed by atoms with Crippen molar-refractivity contribution < 1.29 is 5.11 Å². The Kier molecular flexibility index (Phi) is 4.61. The lowest BCUT2D eigenvalue weighted by Gasteiger charge is -2.38. The number of β-amino-alcohol motifs (C(OH)–C–C–N with tert-alkyl or cyclic N) is 1. The maximum absolute atomic E-state index is 10.4. The zero-order valence-electron chi connectivity index (χ0n) is 12.6. The fourth-order valence-electron chi connectivity index (χ4n) is 2.84. The third kappa shape index (κ3) is 3.78. The Hall–Kier alpha value is -0.900. The minimum Gasteiger partial charge on any atom is -0.387 e. The van der Waals surface area contributed by atoms with Crippen molar-refractivity contribution in [3.8, 4) is 0 Å². The van der Waals surface area contributed by atoms with Crippen molar-refractivity contribution in [2.45, 2.75) is 32.9 Å². The van der Waals surface area contributed by atoms with Crippen LogP contribution < -0.4 is 0 Å². The van der Waals surface area contributed by atoms with Crippen molar-refractivity contribution in [3.05, 3.63) is 34.9 Å². The number of aliphatic hydroxyl groups is 1. The van der Waals surface area contributed by atoms with E-state index in [1.54, 1.807) is 0 Å². The number of nitrogens with zero attached hydrogens (tertiary/aromatic N) is 2. The summed E-state index contributed by atoms with van der Waals surface area (Å²) in [6, 6.07) is 6.91. The van der Waals surface area contributed by atoms with Gasteiger partial charge < -0.3 is 10.0 Å². The van der Waals surface area contributed by atoms with Gasteiger partial charge >= 0.3 is 0 Å². The smallest absolute Gasteiger partial charge is 0.0917 e. The molecule has 1 aromatic rings. The minimum atomic E-state index is -0.380. The Morgan fingerprint density at radius 2 is 1.84 bits per heavy atom. The summed E-state index contributed by atoms with van der Waals surface area (Å²) in [5.41, 5.74) is 3.49. The molecule has 3 heteroatoms. The van der Waals surface area contributed by atoms with Crippen LogP contribution in [-0.2, 0) is 0 Å². The number of aliphatic hydroxyl groups excluding tert-OH is 1. The van der Waals surface area contributed by atoms with Crippen molar-refractivity contribution in [2.24, 2.45) is 0 Å². The Morgan fingerprint density at radius 3 is 2.42 bits per heavy atom. The van der Waals surface area contributed by atoms with E-state index in [1.165, 1.54) is 11.1 Å². The molecule has 1 N–H and O–H groups in total. The molecule has 0 amide bonds. The molecule has 0 aromatic heterocycles. The Morgan fingerprint density at radius 1 is 1.21 bits per heavy atom. The second-order valence-corrected chi connectivity index (χ2v) is 6.03. The van der Waals surface area contributed by atoms with Gasteiger partial charge in [0, 0.05) is 32.2 Å². The zero-order chi connectivity index (χ0) is 14.0. The lowest BCUT2D eigenvalue weighted by molar-refractivity contribution is 0.0568. The molecule has 19 heavy (non-hydrogen) atoms. The summed E-state index contributed by atoms with van der Waals surface area (Å²) in [7, 11) is 2.17. The SMILES string of the molecule is Cc1cc(C)cc(C(O)CN2CCN(C)C(C)C2)c1. The van der Waals surface area contributed by atoms with E-state index in [0.717, 1.165) is 31.7 Å². The molecule has 106 valence electrons. The molecule has 0 aliphatic carbocycles. The summed E-state index contributed by atoms with van der Waals surface area (Å²) in [5, 5.41) is 10.4. The van der Waals surface area contributed by atoms with Crippen LogP contribution in [-0.4, -0.2) is 54.2 Å². The fourth-order valence-corrected chi connectivity index (χ4v) is 2.84. The van der Waals surface area contributed by atoms with Crippen molar-refractivity contribution in [1.29, 1.82) is 0 Å². The van der Waals surface area contributed by atoms with E-state index in [4.69, 9.17) is 0 Å². The third-order valence-corrected chi connectivity index (χ3v) is 4.10. The number of hydrogen-bond donors (Lipinski definition) is 1. The first-order chi connectivity index (χ1) is 8.95. The summed E-state index contributed by atoms with van der Waals surface area (Å²) in [6.07, 6.45) is -0.380. The number of rotatable bonds is 3. The standard InChI is InChI=1S/C16H26N2O/c1-12-7-13(2)9-15(8-12)16(19)11-18-6-5-17(4)14(3)10-18/h7-9,14,16,19H,5-6,10-11H2,1-4H3. The van der Waals surface area contributed by atoms with Crippen LogP contribution in [0.1, 0.15) is 29.7 Å². The van der Waals surface area contributed by atoms with Gasteiger partial charge in [0.2, 0.25) is 0 Å². The predicted octanol–water partition coefficient (Wildman–Crippen LogP) is 1.97. The van der Waals surface area contributed by atoms with Gasteiger partial charge in [-0.2, -0.15) is 0 Å². The fraction of sp³-hybridized carbons (Fsp3) is 0.625. The number of hydrogen-bond acceptors (Lipinski definition) is 3. The molecule has 1 fully saturated rings. The van der Waals surface area contributed by atoms with E-state index in [2.05, 4.69) is 55.8 Å². The molecule has 1 aliphatic heterocycles. The van der Waals surface area contributed by atoms with E-state index in [-0.39, 0.29) is 6.10 Å². The largest absolute Gasteiger partial charge is 0.387 e. The van der Waals surface area contributed by atoms with E-state index in [1.807, 2.05) is 0 Å². The van der Waals surface area contributed by atoms with Gasteiger partial charge in [-0.3, -0.25) is 4.90 Å². The van der Waals surface area contributed by atoms with Gasteiger partial charge in [0.15, 0.2) is 0 Å². The van der Waals surface area contributed by atoms with E-state index in [9.17, 15) is 5.11 Å². The zero-order valence-corrected chi connectivity index (χ0v) is 12.6. The predicted molar refractivity (Wildman–Crippen MR) is 79.4 cm³/mol. The summed E-state index contributed by atoms with van der Waals surface area (Å²) in [4.78, 5) is 4.74. The average molecular weight is 262 g/mol. The van der Waals surface area contributed by atoms with Crippen LogP contribution in [0.5, 0.6) is 0 Å². The topological polar surface area (TPSA) is 26.7 Å². The molecular weight excluding hydrogens is 236 g/mol. The minimum absolute atomic E-state index is 0.380. The summed E-state index contributed by atoms with van der Waals surface area (Å²) < 4.78 is 0. The number of likely N-dealkylation sites (N-methyl/N-ethyl adjacent to an activating group) is 1. The van der Waals surface area contributed by atoms with E-state index in [0.29, 0.717) is 6.04 Å². The highest BCUT2D eigenvalue weighted by Crippen LogP contribution is 2.19. The van der Waals surface area contributed by atoms with Gasteiger partial charge in [0.05, 0.1) is 6.10 Å². The maximum Gasteiger partial charge on any atom is 0.0917 e. The molecule has 1 aromatic carbocycles. The summed E-state index contributed by atoms with van der Waals surface area (Å²) in [6.45, 7) is 10.3. The van der Waals surface area contributed by atoms with Crippen molar-refractivity contribution in [3.63, 3.8) is 0 Å². The van der Waals surface area contributed by atoms with Crippen LogP contribution in [0.2, 0.25) is 0 Å². The Balaban J connectivity index is 1.99. The molecule has 2 unspecified atom stereocenters. The maximum atomic E-state index is 10.4. The summed E-state index contributed by atoms with van der Waals surface area (Å²) >= 11 is 0. The normalized spacial score (nSPS) is 23.5. The number of benzene rings is 1. The molecule has 2 atom stereocenters. The van der Waals surface area contributed by atoms with E-state index >= 15 is 0 Å². The van der Waals surface area contributed by atoms with Crippen LogP contribution in [0.15, 0.2) is 18.2 Å². The van der Waals surface area contributed by atoms with Crippen molar-refractivity contribution in [1.82, 2.24) is 9.80 Å². The molecule has 1 aliphatic rings. The summed E-state index contributed by atoms with van der Waals surface area (Å²) in [5.74, 6) is 0. The van der Waals surface area contributed by atoms with Crippen LogP contribution in [0, 0.1) is 13.8 Å². The lowest BCUT2D eigenvalue weighted by atomic mass is 10.0. The molecule has 0 radical (unpaired) electrons. The molecule has 0 bridgehead atoms. The van der Waals surface area contributed by atoms with Gasteiger partial charge in [0.1, 0.15) is 0 Å². The monoisotopic (exact) mass is 262 g/mol. The number of piperazine rings is 1. The molecule has 0 saturated carbocycles. The van der Waals surface area contributed by atoms with Crippen molar-refractivity contribution >= 4 is 0 Å². The molecule has 1 saturated heterocycles. The highest BCUT2D eigenvalue weighted by Gasteiger charge is 2.22. The van der Waals surface area contributed by atoms with E-state index < -0.39 is 0 Å². The molecule has 2 rings (SSSR count). The van der Waals surface area contributed by atoms with Crippen LogP contribution >= 0.6 is 0 Å². The molecule has 0 spiro atoms. The first-order valence-electron chi connectivity index (χ1n) is 7.14. The van der Waals surface area contributed by atoms with Gasteiger partial charge in [-0.25, -0.2) is 0 Å². The second kappa shape index (κ2) is 6.04. The second-order valence-electron chi connectivity index (χ2n) is 6.03. The van der Waals surface area contributed by atoms with Gasteiger partial charge in [-0.05, 0) is 33.4 Å². The first kappa shape index (κ1) is 14.5. The van der Waals surface area contributed by atoms with Gasteiger partial charge in [0.25, 0.3) is 0 Å². The molecule has 1 heterocycles. The van der Waals surface area contributed by atoms with Crippen LogP contribution in [0.25, 0.3) is 0 Å². The van der Waals surface area contributed by atoms with Crippen LogP contribution in [0.4, 0.5) is 0 Å². The average Bonchev–Trinajstić information content (AvgIpc) is 2.32. The molecule has 3 nitrogen and oxygen atoms in total. The highest BCUT2D eigenvalue weighted by atomic mass is 16.3. The number of aryl methyl sites for hydroxylation is 2. The van der Waals surface area contributed by atoms with Gasteiger partial charge in [-0.15, -0.1) is 0 Å². The van der Waals surface area contributed by atoms with Crippen LogP contribution in [0.3, 0.4) is 0 Å². The first-order valence-corrected chi connectivity index (χ1v) is 7.14. The quantitative estimate of drug-likeness (QED) is 0.902. The third-order valence-electron chi connectivity index (χ3n) is 4.10. The highest BCUT2D eigenvalue weighted by molar-refractivity contribution is 5.30. The Labute approximate surface area is 116 Å². The Bertz CT molecular complexity index is 413. The van der Waals surface area contributed by atoms with Gasteiger partial charge in [-0.1, -0.05) is 29.3 Å². The lowest BCUT2D eigenvalue weighted by Crippen LogP contribution is -2.50.